The van der Waals surface area contributed by atoms with Crippen molar-refractivity contribution in [3.63, 3.8) is 0 Å². The monoisotopic (exact) mass is 479 g/mol. The fraction of sp³-hybridized carbons (Fsp3) is 0.0800. The summed E-state index contributed by atoms with van der Waals surface area (Å²) in [6, 6.07) is 20.6. The molecule has 0 unspecified atom stereocenters. The van der Waals surface area contributed by atoms with Gasteiger partial charge in [-0.05, 0) is 66.6 Å². The number of nitrogens with one attached hydrogen (secondary N) is 2. The number of ether oxygens (including phenoxy) is 1. The smallest absolute Gasteiger partial charge is 0.266 e. The molecule has 166 valence electrons. The second-order valence-corrected chi connectivity index (χ2v) is 7.87. The highest BCUT2D eigenvalue weighted by Crippen LogP contribution is 2.27. The van der Waals surface area contributed by atoms with Gasteiger partial charge in [-0.1, -0.05) is 47.5 Å². The van der Waals surface area contributed by atoms with Crippen molar-refractivity contribution in [1.82, 2.24) is 0 Å². The molecule has 3 rings (SSSR count). The molecule has 0 heterocycles. The third-order valence-corrected chi connectivity index (χ3v) is 4.91. The molecule has 0 saturated carbocycles. The molecule has 0 aromatic heterocycles. The highest BCUT2D eigenvalue weighted by Gasteiger charge is 2.12. The lowest BCUT2D eigenvalue weighted by Crippen LogP contribution is -2.20. The first-order chi connectivity index (χ1) is 15.8. The Balaban J connectivity index is 1.63. The van der Waals surface area contributed by atoms with Crippen LogP contribution in [0.2, 0.25) is 10.0 Å². The third kappa shape index (κ3) is 7.11. The molecule has 33 heavy (non-hydrogen) atoms. The lowest BCUT2D eigenvalue weighted by molar-refractivity contribution is -0.118. The van der Waals surface area contributed by atoms with E-state index in [2.05, 4.69) is 10.6 Å². The van der Waals surface area contributed by atoms with Crippen molar-refractivity contribution < 1.29 is 14.3 Å². The molecule has 0 fully saturated rings. The largest absolute Gasteiger partial charge is 0.482 e. The molecule has 6 nitrogen and oxygen atoms in total. The van der Waals surface area contributed by atoms with Crippen LogP contribution in [0, 0.1) is 18.3 Å². The number of benzene rings is 3. The molecule has 0 aliphatic heterocycles. The molecular formula is C25H19Cl2N3O3. The van der Waals surface area contributed by atoms with Gasteiger partial charge < -0.3 is 15.4 Å². The van der Waals surface area contributed by atoms with Crippen LogP contribution < -0.4 is 15.4 Å². The Bertz CT molecular complexity index is 1270. The third-order valence-electron chi connectivity index (χ3n) is 4.38. The summed E-state index contributed by atoms with van der Waals surface area (Å²) in [6.07, 6.45) is 1.40. The van der Waals surface area contributed by atoms with Gasteiger partial charge in [-0.25, -0.2) is 0 Å². The summed E-state index contributed by atoms with van der Waals surface area (Å²) >= 11 is 12.2. The maximum absolute atomic E-state index is 12.4. The van der Waals surface area contributed by atoms with Crippen molar-refractivity contribution in [3.8, 4) is 11.8 Å². The number of anilines is 2. The average Bonchev–Trinajstić information content (AvgIpc) is 2.77. The predicted molar refractivity (Wildman–Crippen MR) is 130 cm³/mol. The van der Waals surface area contributed by atoms with Crippen molar-refractivity contribution in [2.24, 2.45) is 0 Å². The number of amides is 2. The van der Waals surface area contributed by atoms with Gasteiger partial charge in [0.05, 0.1) is 5.02 Å². The maximum atomic E-state index is 12.4. The van der Waals surface area contributed by atoms with Crippen LogP contribution in [0.3, 0.4) is 0 Å². The predicted octanol–water partition coefficient (Wildman–Crippen LogP) is 5.87. The number of carbonyl (C=O) groups is 2. The summed E-state index contributed by atoms with van der Waals surface area (Å²) in [5.41, 5.74) is 2.58. The molecule has 3 aromatic carbocycles. The van der Waals surface area contributed by atoms with Crippen LogP contribution in [0.15, 0.2) is 72.3 Å². The maximum Gasteiger partial charge on any atom is 0.266 e. The van der Waals surface area contributed by atoms with Gasteiger partial charge in [0.1, 0.15) is 17.4 Å². The lowest BCUT2D eigenvalue weighted by Gasteiger charge is -2.10. The van der Waals surface area contributed by atoms with E-state index in [1.807, 2.05) is 31.2 Å². The highest BCUT2D eigenvalue weighted by atomic mass is 35.5. The zero-order valence-electron chi connectivity index (χ0n) is 17.6. The average molecular weight is 480 g/mol. The van der Waals surface area contributed by atoms with Gasteiger partial charge >= 0.3 is 0 Å². The number of nitrogens with zero attached hydrogens (tertiary/aromatic N) is 1. The Morgan fingerprint density at radius 1 is 1.00 bits per heavy atom. The molecule has 0 saturated heterocycles. The van der Waals surface area contributed by atoms with E-state index >= 15 is 0 Å². The first-order valence-electron chi connectivity index (χ1n) is 9.81. The number of carbonyl (C=O) groups excluding carboxylic acids is 2. The zero-order valence-corrected chi connectivity index (χ0v) is 19.1. The van der Waals surface area contributed by atoms with E-state index in [0.717, 1.165) is 5.56 Å². The van der Waals surface area contributed by atoms with Gasteiger partial charge in [-0.2, -0.15) is 5.26 Å². The Kier molecular flexibility index (Phi) is 8.09. The van der Waals surface area contributed by atoms with Crippen molar-refractivity contribution in [2.75, 3.05) is 17.2 Å². The molecule has 0 spiro atoms. The van der Waals surface area contributed by atoms with Crippen LogP contribution in [0.1, 0.15) is 11.1 Å². The van der Waals surface area contributed by atoms with Crippen LogP contribution in [-0.2, 0) is 9.59 Å². The normalized spacial score (nSPS) is 10.8. The fourth-order valence-corrected chi connectivity index (χ4v) is 3.30. The van der Waals surface area contributed by atoms with Gasteiger partial charge in [0.15, 0.2) is 6.61 Å². The lowest BCUT2D eigenvalue weighted by atomic mass is 10.1. The van der Waals surface area contributed by atoms with Crippen LogP contribution in [0.25, 0.3) is 6.08 Å². The van der Waals surface area contributed by atoms with Crippen LogP contribution in [0.5, 0.6) is 5.75 Å². The van der Waals surface area contributed by atoms with E-state index < -0.39 is 5.91 Å². The minimum absolute atomic E-state index is 0.114. The molecule has 0 aliphatic rings. The zero-order chi connectivity index (χ0) is 23.8. The molecule has 0 radical (unpaired) electrons. The van der Waals surface area contributed by atoms with E-state index in [1.54, 1.807) is 48.5 Å². The molecule has 0 atom stereocenters. The topological polar surface area (TPSA) is 91.2 Å². The standard InChI is InChI=1S/C25H19Cl2N3O3/c1-16-4-2-6-20(10-16)29-24(31)15-33-23-9-8-17(12-22(23)27)11-18(14-28)25(32)30-21-7-3-5-19(26)13-21/h2-13H,15H2,1H3,(H,29,31)(H,30,32)/b18-11+. The summed E-state index contributed by atoms with van der Waals surface area (Å²) in [6.45, 7) is 1.70. The Hall–Kier alpha value is -3.79. The van der Waals surface area contributed by atoms with E-state index in [-0.39, 0.29) is 23.1 Å². The van der Waals surface area contributed by atoms with Gasteiger partial charge in [0, 0.05) is 16.4 Å². The Morgan fingerprint density at radius 2 is 1.73 bits per heavy atom. The van der Waals surface area contributed by atoms with Gasteiger partial charge in [-0.15, -0.1) is 0 Å². The number of halogens is 2. The molecule has 2 amide bonds. The summed E-state index contributed by atoms with van der Waals surface area (Å²) < 4.78 is 5.50. The van der Waals surface area contributed by atoms with Crippen LogP contribution in [0.4, 0.5) is 11.4 Å². The highest BCUT2D eigenvalue weighted by molar-refractivity contribution is 6.32. The van der Waals surface area contributed by atoms with Crippen molar-refractivity contribution in [2.45, 2.75) is 6.92 Å². The summed E-state index contributed by atoms with van der Waals surface area (Å²) in [4.78, 5) is 24.5. The van der Waals surface area contributed by atoms with Crippen LogP contribution >= 0.6 is 23.2 Å². The minimum atomic E-state index is -0.580. The number of rotatable bonds is 7. The van der Waals surface area contributed by atoms with Crippen molar-refractivity contribution in [3.05, 3.63) is 93.5 Å². The summed E-state index contributed by atoms with van der Waals surface area (Å²) in [7, 11) is 0. The van der Waals surface area contributed by atoms with Gasteiger partial charge in [0.25, 0.3) is 11.8 Å². The van der Waals surface area contributed by atoms with Gasteiger partial charge in [0.2, 0.25) is 0 Å². The summed E-state index contributed by atoms with van der Waals surface area (Å²) in [5.74, 6) is -0.607. The minimum Gasteiger partial charge on any atom is -0.482 e. The first-order valence-corrected chi connectivity index (χ1v) is 10.6. The quantitative estimate of drug-likeness (QED) is 0.327. The van der Waals surface area contributed by atoms with Crippen LogP contribution in [-0.4, -0.2) is 18.4 Å². The number of aryl methyl sites for hydroxylation is 1. The van der Waals surface area contributed by atoms with Gasteiger partial charge in [-0.3, -0.25) is 9.59 Å². The molecule has 2 N–H and O–H groups in total. The SMILES string of the molecule is Cc1cccc(NC(=O)COc2ccc(/C=C(\C#N)C(=O)Nc3cccc(Cl)c3)cc2Cl)c1. The van der Waals surface area contributed by atoms with E-state index in [9.17, 15) is 14.9 Å². The second kappa shape index (κ2) is 11.2. The number of hydrogen-bond acceptors (Lipinski definition) is 4. The molecule has 3 aromatic rings. The fourth-order valence-electron chi connectivity index (χ4n) is 2.87. The van der Waals surface area contributed by atoms with Crippen molar-refractivity contribution in [1.29, 1.82) is 5.26 Å². The Labute approximate surface area is 201 Å². The van der Waals surface area contributed by atoms with E-state index in [4.69, 9.17) is 27.9 Å². The number of hydrogen-bond donors (Lipinski definition) is 2. The molecule has 0 aliphatic carbocycles. The molecule has 8 heteroatoms. The van der Waals surface area contributed by atoms with Crippen molar-refractivity contribution >= 4 is 52.5 Å². The first kappa shape index (κ1) is 23.9. The summed E-state index contributed by atoms with van der Waals surface area (Å²) in [5, 5.41) is 15.5. The second-order valence-electron chi connectivity index (χ2n) is 7.03. The number of nitriles is 1. The molecular weight excluding hydrogens is 461 g/mol. The van der Waals surface area contributed by atoms with E-state index in [0.29, 0.717) is 27.7 Å². The Morgan fingerprint density at radius 3 is 2.39 bits per heavy atom. The van der Waals surface area contributed by atoms with E-state index in [1.165, 1.54) is 6.08 Å². The molecule has 0 bridgehead atoms.